The van der Waals surface area contributed by atoms with Crippen molar-refractivity contribution in [2.24, 2.45) is 0 Å². The second kappa shape index (κ2) is 5.72. The molecule has 7 heteroatoms. The number of hydrogen-bond donors (Lipinski definition) is 1. The number of nitrogens with one attached hydrogen (secondary N) is 1. The van der Waals surface area contributed by atoms with Gasteiger partial charge in [0.25, 0.3) is 5.91 Å². The van der Waals surface area contributed by atoms with Gasteiger partial charge in [0.2, 0.25) is 0 Å². The molecule has 3 rings (SSSR count). The van der Waals surface area contributed by atoms with Gasteiger partial charge in [-0.2, -0.15) is 0 Å². The van der Waals surface area contributed by atoms with Crippen molar-refractivity contribution in [3.8, 4) is 11.3 Å². The van der Waals surface area contributed by atoms with Gasteiger partial charge in [0.1, 0.15) is 18.3 Å². The highest BCUT2D eigenvalue weighted by Gasteiger charge is 2.11. The molecule has 0 unspecified atom stereocenters. The molecular weight excluding hydrogens is 292 g/mol. The van der Waals surface area contributed by atoms with Crippen LogP contribution in [0.5, 0.6) is 0 Å². The first-order valence-electron chi connectivity index (χ1n) is 6.02. The van der Waals surface area contributed by atoms with Crippen LogP contribution in [0.25, 0.3) is 11.3 Å². The molecule has 0 atom stereocenters. The third-order valence-corrected chi connectivity index (χ3v) is 2.93. The maximum absolute atomic E-state index is 12.1. The van der Waals surface area contributed by atoms with Crippen LogP contribution in [0.15, 0.2) is 53.5 Å². The molecule has 104 valence electrons. The second-order valence-electron chi connectivity index (χ2n) is 4.14. The van der Waals surface area contributed by atoms with Crippen LogP contribution in [-0.2, 0) is 0 Å². The number of benzene rings is 1. The zero-order valence-electron chi connectivity index (χ0n) is 10.7. The SMILES string of the molecule is O=C(Nc1ccon1)c1cc(-c2cccc(Cl)c2)ncn1. The molecule has 1 amide bonds. The van der Waals surface area contributed by atoms with Crippen molar-refractivity contribution in [1.29, 1.82) is 0 Å². The Labute approximate surface area is 124 Å². The van der Waals surface area contributed by atoms with Crippen LogP contribution in [0.4, 0.5) is 5.82 Å². The van der Waals surface area contributed by atoms with Crippen LogP contribution in [0.2, 0.25) is 5.02 Å². The Hall–Kier alpha value is -2.73. The summed E-state index contributed by atoms with van der Waals surface area (Å²) in [7, 11) is 0. The minimum atomic E-state index is -0.394. The van der Waals surface area contributed by atoms with Crippen molar-refractivity contribution in [3.05, 3.63) is 59.7 Å². The van der Waals surface area contributed by atoms with Crippen LogP contribution >= 0.6 is 11.6 Å². The largest absolute Gasteiger partial charge is 0.363 e. The summed E-state index contributed by atoms with van der Waals surface area (Å²) in [6.07, 6.45) is 2.70. The zero-order chi connectivity index (χ0) is 14.7. The fraction of sp³-hybridized carbons (Fsp3) is 0. The molecule has 0 aliphatic carbocycles. The summed E-state index contributed by atoms with van der Waals surface area (Å²) < 4.78 is 4.65. The van der Waals surface area contributed by atoms with Gasteiger partial charge in [-0.25, -0.2) is 9.97 Å². The Kier molecular flexibility index (Phi) is 3.61. The molecule has 3 aromatic rings. The van der Waals surface area contributed by atoms with E-state index < -0.39 is 5.91 Å². The van der Waals surface area contributed by atoms with Crippen LogP contribution < -0.4 is 5.32 Å². The van der Waals surface area contributed by atoms with Gasteiger partial charge in [-0.05, 0) is 18.2 Å². The lowest BCUT2D eigenvalue weighted by Gasteiger charge is -2.04. The average Bonchev–Trinajstić information content (AvgIpc) is 3.00. The number of carbonyl (C=O) groups excluding carboxylic acids is 1. The number of halogens is 1. The van der Waals surface area contributed by atoms with Gasteiger partial charge in [-0.1, -0.05) is 28.9 Å². The van der Waals surface area contributed by atoms with Gasteiger partial charge in [-0.15, -0.1) is 0 Å². The van der Waals surface area contributed by atoms with E-state index in [0.29, 0.717) is 16.5 Å². The van der Waals surface area contributed by atoms with E-state index in [-0.39, 0.29) is 5.69 Å². The summed E-state index contributed by atoms with van der Waals surface area (Å²) in [6, 6.07) is 10.3. The van der Waals surface area contributed by atoms with E-state index in [1.165, 1.54) is 18.7 Å². The van der Waals surface area contributed by atoms with E-state index in [9.17, 15) is 4.79 Å². The molecular formula is C14H9ClN4O2. The molecule has 0 bridgehead atoms. The number of amides is 1. The summed E-state index contributed by atoms with van der Waals surface area (Å²) in [5.74, 6) is -0.0718. The van der Waals surface area contributed by atoms with Gasteiger partial charge in [0, 0.05) is 16.7 Å². The topological polar surface area (TPSA) is 80.9 Å². The first-order valence-corrected chi connectivity index (χ1v) is 6.40. The lowest BCUT2D eigenvalue weighted by molar-refractivity contribution is 0.102. The van der Waals surface area contributed by atoms with Crippen molar-refractivity contribution in [1.82, 2.24) is 15.1 Å². The Morgan fingerprint density at radius 2 is 2.10 bits per heavy atom. The lowest BCUT2D eigenvalue weighted by Crippen LogP contribution is -2.14. The molecule has 1 N–H and O–H groups in total. The van der Waals surface area contributed by atoms with Crippen LogP contribution in [0, 0.1) is 0 Å². The number of aromatic nitrogens is 3. The highest BCUT2D eigenvalue weighted by Crippen LogP contribution is 2.21. The molecule has 0 aliphatic heterocycles. The predicted molar refractivity (Wildman–Crippen MR) is 76.9 cm³/mol. The maximum Gasteiger partial charge on any atom is 0.275 e. The molecule has 1 aromatic carbocycles. The summed E-state index contributed by atoms with van der Waals surface area (Å²) in [5, 5.41) is 6.77. The van der Waals surface area contributed by atoms with Gasteiger partial charge < -0.3 is 9.84 Å². The monoisotopic (exact) mass is 300 g/mol. The number of anilines is 1. The van der Waals surface area contributed by atoms with Gasteiger partial charge >= 0.3 is 0 Å². The summed E-state index contributed by atoms with van der Waals surface area (Å²) >= 11 is 5.95. The number of rotatable bonds is 3. The molecule has 2 heterocycles. The zero-order valence-corrected chi connectivity index (χ0v) is 11.4. The minimum absolute atomic E-state index is 0.225. The highest BCUT2D eigenvalue weighted by atomic mass is 35.5. The quantitative estimate of drug-likeness (QED) is 0.804. The van der Waals surface area contributed by atoms with Crippen LogP contribution in [0.3, 0.4) is 0 Å². The third-order valence-electron chi connectivity index (χ3n) is 2.70. The minimum Gasteiger partial charge on any atom is -0.363 e. The molecule has 21 heavy (non-hydrogen) atoms. The van der Waals surface area contributed by atoms with Crippen molar-refractivity contribution in [2.45, 2.75) is 0 Å². The van der Waals surface area contributed by atoms with Crippen molar-refractivity contribution in [2.75, 3.05) is 5.32 Å². The second-order valence-corrected chi connectivity index (χ2v) is 4.57. The Balaban J connectivity index is 1.88. The first kappa shape index (κ1) is 13.3. The molecule has 0 saturated carbocycles. The molecule has 0 saturated heterocycles. The Bertz CT molecular complexity index is 774. The molecule has 2 aromatic heterocycles. The highest BCUT2D eigenvalue weighted by molar-refractivity contribution is 6.30. The third kappa shape index (κ3) is 3.06. The molecule has 0 fully saturated rings. The van der Waals surface area contributed by atoms with E-state index in [1.807, 2.05) is 12.1 Å². The molecule has 0 radical (unpaired) electrons. The summed E-state index contributed by atoms with van der Waals surface area (Å²) in [5.41, 5.74) is 1.64. The standard InChI is InChI=1S/C14H9ClN4O2/c15-10-3-1-2-9(6-10)11-7-12(17-8-16-11)14(20)18-13-4-5-21-19-13/h1-8H,(H,18,19,20). The van der Waals surface area contributed by atoms with Crippen LogP contribution in [-0.4, -0.2) is 21.0 Å². The van der Waals surface area contributed by atoms with E-state index in [2.05, 4.69) is 25.0 Å². The number of carbonyl (C=O) groups is 1. The predicted octanol–water partition coefficient (Wildman–Crippen LogP) is 3.04. The lowest BCUT2D eigenvalue weighted by atomic mass is 10.1. The first-order chi connectivity index (χ1) is 10.2. The molecule has 0 aliphatic rings. The normalized spacial score (nSPS) is 10.3. The molecule has 6 nitrogen and oxygen atoms in total. The Morgan fingerprint density at radius 3 is 2.86 bits per heavy atom. The molecule has 0 spiro atoms. The van der Waals surface area contributed by atoms with E-state index >= 15 is 0 Å². The summed E-state index contributed by atoms with van der Waals surface area (Å²) in [6.45, 7) is 0. The average molecular weight is 301 g/mol. The number of hydrogen-bond acceptors (Lipinski definition) is 5. The smallest absolute Gasteiger partial charge is 0.275 e. The van der Waals surface area contributed by atoms with E-state index in [0.717, 1.165) is 5.56 Å². The fourth-order valence-corrected chi connectivity index (χ4v) is 1.93. The Morgan fingerprint density at radius 1 is 1.19 bits per heavy atom. The van der Waals surface area contributed by atoms with E-state index in [4.69, 9.17) is 11.6 Å². The van der Waals surface area contributed by atoms with Gasteiger partial charge in [0.05, 0.1) is 5.69 Å². The van der Waals surface area contributed by atoms with Crippen LogP contribution in [0.1, 0.15) is 10.5 Å². The van der Waals surface area contributed by atoms with Crippen molar-refractivity contribution in [3.63, 3.8) is 0 Å². The van der Waals surface area contributed by atoms with Gasteiger partial charge in [0.15, 0.2) is 5.82 Å². The van der Waals surface area contributed by atoms with Crippen molar-refractivity contribution < 1.29 is 9.32 Å². The van der Waals surface area contributed by atoms with Crippen molar-refractivity contribution >= 4 is 23.3 Å². The summed E-state index contributed by atoms with van der Waals surface area (Å²) in [4.78, 5) is 20.2. The van der Waals surface area contributed by atoms with Gasteiger partial charge in [-0.3, -0.25) is 4.79 Å². The maximum atomic E-state index is 12.1. The number of nitrogens with zero attached hydrogens (tertiary/aromatic N) is 3. The fourth-order valence-electron chi connectivity index (χ4n) is 1.74. The van der Waals surface area contributed by atoms with E-state index in [1.54, 1.807) is 18.2 Å².